The van der Waals surface area contributed by atoms with Gasteiger partial charge in [0.05, 0.1) is 23.6 Å². The molecule has 1 atom stereocenters. The first-order valence-corrected chi connectivity index (χ1v) is 7.45. The average Bonchev–Trinajstić information content (AvgIpc) is 2.60. The monoisotopic (exact) mass is 334 g/mol. The third kappa shape index (κ3) is 4.55. The summed E-state index contributed by atoms with van der Waals surface area (Å²) < 4.78 is 10.1. The number of rotatable bonds is 6. The second kappa shape index (κ2) is 8.09. The third-order valence-electron chi connectivity index (χ3n) is 3.62. The Morgan fingerprint density at radius 1 is 1.38 bits per heavy atom. The summed E-state index contributed by atoms with van der Waals surface area (Å²) in [4.78, 5) is 34.0. The molecule has 0 heterocycles. The number of anilines is 1. The van der Waals surface area contributed by atoms with Gasteiger partial charge in [-0.1, -0.05) is 12.2 Å². The van der Waals surface area contributed by atoms with E-state index in [-0.39, 0.29) is 23.0 Å². The van der Waals surface area contributed by atoms with Crippen LogP contribution >= 0.6 is 0 Å². The maximum Gasteiger partial charge on any atom is 0.309 e. The Morgan fingerprint density at radius 2 is 2.17 bits per heavy atom. The Kier molecular flexibility index (Phi) is 5.89. The van der Waals surface area contributed by atoms with Crippen LogP contribution in [0.3, 0.4) is 0 Å². The molecule has 0 spiro atoms. The third-order valence-corrected chi connectivity index (χ3v) is 3.62. The van der Waals surface area contributed by atoms with E-state index in [1.165, 1.54) is 25.3 Å². The van der Waals surface area contributed by atoms with Crippen LogP contribution in [0.15, 0.2) is 30.4 Å². The molecule has 1 aromatic carbocycles. The number of nitro benzene ring substituents is 1. The Bertz CT molecular complexity index is 671. The van der Waals surface area contributed by atoms with Crippen molar-refractivity contribution < 1.29 is 24.0 Å². The summed E-state index contributed by atoms with van der Waals surface area (Å²) in [6, 6.07) is 3.84. The van der Waals surface area contributed by atoms with E-state index in [4.69, 9.17) is 9.47 Å². The van der Waals surface area contributed by atoms with E-state index in [1.54, 1.807) is 0 Å². The number of esters is 1. The molecule has 1 aromatic rings. The molecule has 0 aliphatic heterocycles. The zero-order valence-corrected chi connectivity index (χ0v) is 13.2. The van der Waals surface area contributed by atoms with Gasteiger partial charge >= 0.3 is 5.97 Å². The lowest BCUT2D eigenvalue weighted by molar-refractivity contribution is -0.384. The van der Waals surface area contributed by atoms with Gasteiger partial charge in [0.2, 0.25) is 0 Å². The number of carbonyl (C=O) groups excluding carboxylic acids is 2. The fraction of sp³-hybridized carbons (Fsp3) is 0.375. The molecule has 0 radical (unpaired) electrons. The van der Waals surface area contributed by atoms with Gasteiger partial charge in [0.1, 0.15) is 5.75 Å². The van der Waals surface area contributed by atoms with Gasteiger partial charge in [-0.15, -0.1) is 0 Å². The Morgan fingerprint density at radius 3 is 2.79 bits per heavy atom. The maximum atomic E-state index is 11.9. The molecule has 0 saturated heterocycles. The Balaban J connectivity index is 1.94. The number of amides is 1. The van der Waals surface area contributed by atoms with Crippen LogP contribution < -0.4 is 10.1 Å². The van der Waals surface area contributed by atoms with Gasteiger partial charge < -0.3 is 14.8 Å². The minimum Gasteiger partial charge on any atom is -0.495 e. The highest BCUT2D eigenvalue weighted by Crippen LogP contribution is 2.28. The van der Waals surface area contributed by atoms with Gasteiger partial charge in [-0.25, -0.2) is 0 Å². The average molecular weight is 334 g/mol. The number of nitro groups is 1. The number of hydrogen-bond acceptors (Lipinski definition) is 6. The molecule has 1 aliphatic rings. The van der Waals surface area contributed by atoms with E-state index in [0.29, 0.717) is 12.8 Å². The highest BCUT2D eigenvalue weighted by molar-refractivity contribution is 5.94. The van der Waals surface area contributed by atoms with E-state index in [9.17, 15) is 19.7 Å². The number of ether oxygens (including phenoxy) is 2. The quantitative estimate of drug-likeness (QED) is 0.370. The maximum absolute atomic E-state index is 11.9. The van der Waals surface area contributed by atoms with E-state index in [0.717, 1.165) is 6.42 Å². The molecule has 8 nitrogen and oxygen atoms in total. The molecule has 24 heavy (non-hydrogen) atoms. The lowest BCUT2D eigenvalue weighted by atomic mass is 9.95. The first-order valence-electron chi connectivity index (χ1n) is 7.45. The molecular weight excluding hydrogens is 316 g/mol. The summed E-state index contributed by atoms with van der Waals surface area (Å²) in [5.41, 5.74) is -0.0366. The largest absolute Gasteiger partial charge is 0.495 e. The van der Waals surface area contributed by atoms with Crippen LogP contribution in [0, 0.1) is 16.0 Å². The first-order chi connectivity index (χ1) is 11.5. The number of hydrogen-bond donors (Lipinski definition) is 1. The molecule has 0 aromatic heterocycles. The fourth-order valence-corrected chi connectivity index (χ4v) is 2.36. The van der Waals surface area contributed by atoms with Crippen molar-refractivity contribution in [2.45, 2.75) is 19.3 Å². The van der Waals surface area contributed by atoms with E-state index in [1.807, 2.05) is 12.2 Å². The van der Waals surface area contributed by atoms with Gasteiger partial charge in [-0.3, -0.25) is 19.7 Å². The first kappa shape index (κ1) is 17.5. The topological polar surface area (TPSA) is 108 Å². The van der Waals surface area contributed by atoms with Crippen molar-refractivity contribution in [2.24, 2.45) is 5.92 Å². The number of nitrogens with zero attached hydrogens (tertiary/aromatic N) is 1. The summed E-state index contributed by atoms with van der Waals surface area (Å²) in [6.45, 7) is -0.453. The normalized spacial score (nSPS) is 16.3. The lowest BCUT2D eigenvalue weighted by Gasteiger charge is -2.16. The lowest BCUT2D eigenvalue weighted by Crippen LogP contribution is -2.25. The van der Waals surface area contributed by atoms with E-state index < -0.39 is 23.4 Å². The van der Waals surface area contributed by atoms with Gasteiger partial charge in [0.15, 0.2) is 6.61 Å². The predicted molar refractivity (Wildman–Crippen MR) is 85.7 cm³/mol. The van der Waals surface area contributed by atoms with Crippen LogP contribution in [-0.4, -0.2) is 30.5 Å². The Hall–Kier alpha value is -2.90. The molecule has 2 rings (SSSR count). The van der Waals surface area contributed by atoms with E-state index >= 15 is 0 Å². The number of benzene rings is 1. The summed E-state index contributed by atoms with van der Waals surface area (Å²) in [5, 5.41) is 13.3. The molecule has 8 heteroatoms. The molecule has 0 bridgehead atoms. The summed E-state index contributed by atoms with van der Waals surface area (Å²) >= 11 is 0. The van der Waals surface area contributed by atoms with Gasteiger partial charge in [0, 0.05) is 12.1 Å². The number of non-ortho nitro benzene ring substituents is 1. The van der Waals surface area contributed by atoms with Crippen molar-refractivity contribution in [2.75, 3.05) is 19.0 Å². The van der Waals surface area contributed by atoms with Crippen molar-refractivity contribution in [3.8, 4) is 5.75 Å². The second-order valence-electron chi connectivity index (χ2n) is 5.28. The smallest absolute Gasteiger partial charge is 0.309 e. The molecule has 128 valence electrons. The fourth-order valence-electron chi connectivity index (χ4n) is 2.36. The van der Waals surface area contributed by atoms with Crippen molar-refractivity contribution in [3.63, 3.8) is 0 Å². The van der Waals surface area contributed by atoms with Crippen molar-refractivity contribution in [1.29, 1.82) is 0 Å². The molecule has 1 N–H and O–H groups in total. The highest BCUT2D eigenvalue weighted by Gasteiger charge is 2.21. The highest BCUT2D eigenvalue weighted by atomic mass is 16.6. The van der Waals surface area contributed by atoms with Crippen LogP contribution in [0.25, 0.3) is 0 Å². The molecule has 1 amide bonds. The number of allylic oxidation sites excluding steroid dienone is 2. The van der Waals surface area contributed by atoms with Crippen molar-refractivity contribution in [1.82, 2.24) is 0 Å². The van der Waals surface area contributed by atoms with Crippen LogP contribution in [0.4, 0.5) is 11.4 Å². The van der Waals surface area contributed by atoms with Gasteiger partial charge in [-0.2, -0.15) is 0 Å². The zero-order valence-electron chi connectivity index (χ0n) is 13.2. The standard InChI is InChI=1S/C16H18N2O6/c1-23-14-8-7-12(18(21)22)9-13(14)17-15(19)10-24-16(20)11-5-3-2-4-6-11/h2-3,7-9,11H,4-6,10H2,1H3,(H,17,19)/t11-/m1/s1. The van der Waals surface area contributed by atoms with Crippen LogP contribution in [0.5, 0.6) is 5.75 Å². The van der Waals surface area contributed by atoms with Gasteiger partial charge in [0.25, 0.3) is 11.6 Å². The minimum atomic E-state index is -0.589. The molecule has 0 fully saturated rings. The van der Waals surface area contributed by atoms with E-state index in [2.05, 4.69) is 5.32 Å². The summed E-state index contributed by atoms with van der Waals surface area (Å²) in [6.07, 6.45) is 6.06. The summed E-state index contributed by atoms with van der Waals surface area (Å²) in [5.74, 6) is -0.957. The van der Waals surface area contributed by atoms with Crippen LogP contribution in [0.1, 0.15) is 19.3 Å². The van der Waals surface area contributed by atoms with Crippen LogP contribution in [0.2, 0.25) is 0 Å². The second-order valence-corrected chi connectivity index (χ2v) is 5.28. The van der Waals surface area contributed by atoms with Crippen LogP contribution in [-0.2, 0) is 14.3 Å². The number of methoxy groups -OCH3 is 1. The predicted octanol–water partition coefficient (Wildman–Crippen LogP) is 2.44. The number of nitrogens with one attached hydrogen (secondary N) is 1. The minimum absolute atomic E-state index is 0.147. The molecule has 1 aliphatic carbocycles. The zero-order chi connectivity index (χ0) is 17.5. The van der Waals surface area contributed by atoms with Crippen molar-refractivity contribution >= 4 is 23.3 Å². The molecule has 0 saturated carbocycles. The Labute approximate surface area is 138 Å². The number of carbonyl (C=O) groups is 2. The molecular formula is C16H18N2O6. The van der Waals surface area contributed by atoms with Crippen molar-refractivity contribution in [3.05, 3.63) is 40.5 Å². The van der Waals surface area contributed by atoms with Gasteiger partial charge in [-0.05, 0) is 25.3 Å². The molecule has 0 unspecified atom stereocenters. The summed E-state index contributed by atoms with van der Waals surface area (Å²) in [7, 11) is 1.38. The SMILES string of the molecule is COc1ccc([N+](=O)[O-])cc1NC(=O)COC(=O)[C@@H]1CC=CCC1.